The molecule has 246 valence electrons. The molecule has 9 heteroatoms. The average molecular weight is 727 g/mol. The van der Waals surface area contributed by atoms with Crippen LogP contribution in [0.5, 0.6) is 0 Å². The maximum Gasteiger partial charge on any atom is 0.472 e. The van der Waals surface area contributed by atoms with Crippen LogP contribution in [0.2, 0.25) is 0 Å². The third-order valence-electron chi connectivity index (χ3n) is 7.49. The number of unbranched alkanes of at least 4 members (excludes halogenated alkanes) is 15. The molecule has 2 atom stereocenters. The first kappa shape index (κ1) is 40.0. The molecule has 0 aliphatic rings. The van der Waals surface area contributed by atoms with Gasteiger partial charge in [0.25, 0.3) is 0 Å². The summed E-state index contributed by atoms with van der Waals surface area (Å²) in [4.78, 5) is 9.83. The van der Waals surface area contributed by atoms with Crippen molar-refractivity contribution in [2.45, 2.75) is 115 Å². The highest BCUT2D eigenvalue weighted by atomic mass is 127. The highest BCUT2D eigenvalue weighted by Gasteiger charge is 2.24. The number of phosphoric acid groups is 1. The van der Waals surface area contributed by atoms with Gasteiger partial charge in [0, 0.05) is 17.3 Å². The number of ether oxygens (including phenoxy) is 2. The van der Waals surface area contributed by atoms with Gasteiger partial charge in [-0.3, -0.25) is 9.05 Å². The number of aryl methyl sites for hydroxylation is 1. The van der Waals surface area contributed by atoms with Crippen molar-refractivity contribution in [2.75, 3.05) is 61.2 Å². The minimum Gasteiger partial charge on any atom is -0.379 e. The molecule has 7 nitrogen and oxygen atoms in total. The van der Waals surface area contributed by atoms with E-state index in [0.29, 0.717) is 24.2 Å². The molecule has 0 saturated carbocycles. The van der Waals surface area contributed by atoms with Crippen LogP contribution in [0.25, 0.3) is 0 Å². The van der Waals surface area contributed by atoms with E-state index < -0.39 is 13.9 Å². The molecule has 0 fully saturated rings. The Morgan fingerprint density at radius 2 is 1.19 bits per heavy atom. The summed E-state index contributed by atoms with van der Waals surface area (Å²) in [5, 5.41) is 0. The van der Waals surface area contributed by atoms with Crippen LogP contribution in [0.1, 0.15) is 108 Å². The van der Waals surface area contributed by atoms with E-state index in [1.165, 1.54) is 112 Å². The van der Waals surface area contributed by atoms with E-state index in [9.17, 15) is 9.46 Å². The molecule has 1 aromatic rings. The van der Waals surface area contributed by atoms with Crippen LogP contribution < -0.4 is 0 Å². The molecule has 0 aliphatic heterocycles. The lowest BCUT2D eigenvalue weighted by atomic mass is 10.0. The fourth-order valence-electron chi connectivity index (χ4n) is 4.70. The van der Waals surface area contributed by atoms with E-state index in [1.807, 2.05) is 21.1 Å². The van der Waals surface area contributed by atoms with Gasteiger partial charge in [0.2, 0.25) is 0 Å². The van der Waals surface area contributed by atoms with Crippen molar-refractivity contribution in [2.24, 2.45) is 0 Å². The van der Waals surface area contributed by atoms with Crippen LogP contribution in [0, 0.1) is 3.57 Å². The maximum atomic E-state index is 12.0. The molecule has 1 N–H and O–H groups in total. The van der Waals surface area contributed by atoms with Gasteiger partial charge in [0.1, 0.15) is 19.3 Å². The van der Waals surface area contributed by atoms with Crippen molar-refractivity contribution in [1.29, 1.82) is 0 Å². The van der Waals surface area contributed by atoms with Crippen LogP contribution in [0.15, 0.2) is 24.3 Å². The second-order valence-electron chi connectivity index (χ2n) is 12.6. The molecule has 0 saturated heterocycles. The number of hydrogen-bond acceptors (Lipinski definition) is 5. The summed E-state index contributed by atoms with van der Waals surface area (Å²) in [6, 6.07) is 8.96. The molecule has 1 aromatic carbocycles. The van der Waals surface area contributed by atoms with Gasteiger partial charge in [-0.15, -0.1) is 0 Å². The molecule has 0 aromatic heterocycles. The zero-order valence-corrected chi connectivity index (χ0v) is 30.3. The fraction of sp³-hybridized carbons (Fsp3) is 0.818. The topological polar surface area (TPSA) is 74.2 Å². The van der Waals surface area contributed by atoms with Gasteiger partial charge < -0.3 is 18.9 Å². The lowest BCUT2D eigenvalue weighted by molar-refractivity contribution is -0.870. The van der Waals surface area contributed by atoms with Gasteiger partial charge in [0.05, 0.1) is 34.4 Å². The van der Waals surface area contributed by atoms with Gasteiger partial charge in [-0.05, 0) is 59.5 Å². The molecule has 0 bridgehead atoms. The van der Waals surface area contributed by atoms with E-state index in [-0.39, 0.29) is 13.2 Å². The molecular formula is C33H62INO6P+. The molecule has 0 amide bonds. The minimum atomic E-state index is -4.08. The Labute approximate surface area is 271 Å². The third kappa shape index (κ3) is 25.3. The van der Waals surface area contributed by atoms with Gasteiger partial charge >= 0.3 is 7.82 Å². The Kier molecular flexibility index (Phi) is 23.9. The summed E-state index contributed by atoms with van der Waals surface area (Å²) in [7, 11) is 3.44. The zero-order valence-electron chi connectivity index (χ0n) is 27.2. The predicted octanol–water partition coefficient (Wildman–Crippen LogP) is 8.95. The molecular weight excluding hydrogens is 664 g/mol. The quantitative estimate of drug-likeness (QED) is 0.0385. The van der Waals surface area contributed by atoms with Crippen molar-refractivity contribution in [3.05, 3.63) is 33.4 Å². The lowest BCUT2D eigenvalue weighted by Gasteiger charge is -2.24. The first-order valence-corrected chi connectivity index (χ1v) is 19.0. The summed E-state index contributed by atoms with van der Waals surface area (Å²) in [5.74, 6) is 0. The van der Waals surface area contributed by atoms with Crippen molar-refractivity contribution < 1.29 is 32.5 Å². The largest absolute Gasteiger partial charge is 0.472 e. The van der Waals surface area contributed by atoms with E-state index in [0.717, 1.165) is 6.42 Å². The smallest absolute Gasteiger partial charge is 0.379 e. The maximum absolute atomic E-state index is 12.0. The minimum absolute atomic E-state index is 0.0378. The highest BCUT2D eigenvalue weighted by Crippen LogP contribution is 2.43. The Hall–Kier alpha value is -0.0600. The summed E-state index contributed by atoms with van der Waals surface area (Å²) in [6.07, 6.45) is 22.2. The number of halogens is 1. The molecule has 2 unspecified atom stereocenters. The van der Waals surface area contributed by atoms with Gasteiger partial charge in [0.15, 0.2) is 0 Å². The van der Waals surface area contributed by atoms with Crippen LogP contribution in [-0.2, 0) is 29.5 Å². The molecule has 0 spiro atoms. The Balaban J connectivity index is 1.82. The van der Waals surface area contributed by atoms with E-state index >= 15 is 0 Å². The molecule has 0 heterocycles. The summed E-state index contributed by atoms with van der Waals surface area (Å²) >= 11 is 2.37. The molecule has 0 radical (unpaired) electrons. The summed E-state index contributed by atoms with van der Waals surface area (Å²) in [5.41, 5.74) is 1.48. The lowest BCUT2D eigenvalue weighted by Crippen LogP contribution is -2.37. The van der Waals surface area contributed by atoms with Gasteiger partial charge in [-0.1, -0.05) is 102 Å². The number of nitrogens with zero attached hydrogens (tertiary/aromatic N) is 1. The first-order valence-electron chi connectivity index (χ1n) is 16.4. The van der Waals surface area contributed by atoms with Crippen molar-refractivity contribution >= 4 is 30.4 Å². The van der Waals surface area contributed by atoms with E-state index in [2.05, 4.69) is 46.9 Å². The van der Waals surface area contributed by atoms with Crippen LogP contribution in [0.3, 0.4) is 0 Å². The van der Waals surface area contributed by atoms with E-state index in [1.54, 1.807) is 7.11 Å². The van der Waals surface area contributed by atoms with Crippen LogP contribution >= 0.6 is 30.4 Å². The van der Waals surface area contributed by atoms with Gasteiger partial charge in [-0.25, -0.2) is 4.57 Å². The highest BCUT2D eigenvalue weighted by molar-refractivity contribution is 14.1. The second-order valence-corrected chi connectivity index (χ2v) is 15.3. The van der Waals surface area contributed by atoms with Crippen molar-refractivity contribution in [1.82, 2.24) is 0 Å². The van der Waals surface area contributed by atoms with Crippen molar-refractivity contribution in [3.8, 4) is 0 Å². The Morgan fingerprint density at radius 1 is 0.714 bits per heavy atom. The molecule has 0 aliphatic carbocycles. The Morgan fingerprint density at radius 3 is 1.67 bits per heavy atom. The number of quaternary nitrogens is 1. The predicted molar refractivity (Wildman–Crippen MR) is 183 cm³/mol. The number of methoxy groups -OCH3 is 1. The SMILES string of the molecule is COC(COCCCCCCCCCCCCCCCCCCc1ccc(I)cc1)COP(=O)(O)OCC[N+](C)(C)C. The molecule has 42 heavy (non-hydrogen) atoms. The standard InChI is InChI=1S/C33H61INO6P/c1-35(2,3)26-28-40-42(36,37)41-30-33(38-4)29-39-27-20-18-16-14-12-10-8-6-5-7-9-11-13-15-17-19-21-31-22-24-32(34)25-23-31/h22-25,33H,5-21,26-30H2,1-4H3/p+1. The number of rotatable bonds is 29. The van der Waals surface area contributed by atoms with E-state index in [4.69, 9.17) is 18.5 Å². The number of benzene rings is 1. The summed E-state index contributed by atoms with van der Waals surface area (Å²) < 4.78 is 35.1. The van der Waals surface area contributed by atoms with Crippen LogP contribution in [0.4, 0.5) is 0 Å². The number of hydrogen-bond donors (Lipinski definition) is 1. The third-order valence-corrected chi connectivity index (χ3v) is 9.20. The van der Waals surface area contributed by atoms with Crippen molar-refractivity contribution in [3.63, 3.8) is 0 Å². The zero-order chi connectivity index (χ0) is 30.9. The van der Waals surface area contributed by atoms with Gasteiger partial charge in [-0.2, -0.15) is 0 Å². The first-order chi connectivity index (χ1) is 20.1. The average Bonchev–Trinajstić information content (AvgIpc) is 2.93. The molecule has 1 rings (SSSR count). The number of phosphoric ester groups is 1. The second kappa shape index (κ2) is 25.2. The number of likely N-dealkylation sites (N-methyl/N-ethyl adjacent to an activating group) is 1. The van der Waals surface area contributed by atoms with Crippen LogP contribution in [-0.4, -0.2) is 76.7 Å². The summed E-state index contributed by atoms with van der Waals surface area (Å²) in [6.45, 7) is 1.74. The monoisotopic (exact) mass is 726 g/mol. The Bertz CT molecular complexity index is 805. The normalized spacial score (nSPS) is 14.2. The fourth-order valence-corrected chi connectivity index (χ4v) is 5.80.